The lowest BCUT2D eigenvalue weighted by molar-refractivity contribution is -0.119. The van der Waals surface area contributed by atoms with E-state index < -0.39 is 17.8 Å². The molecule has 3 aromatic rings. The zero-order chi connectivity index (χ0) is 17.1. The molecule has 3 rings (SSSR count). The minimum absolute atomic E-state index is 0.119. The molecule has 7 heteroatoms. The maximum absolute atomic E-state index is 13.6. The van der Waals surface area contributed by atoms with Crippen LogP contribution in [-0.2, 0) is 4.79 Å². The predicted octanol–water partition coefficient (Wildman–Crippen LogP) is 2.99. The van der Waals surface area contributed by atoms with Crippen molar-refractivity contribution >= 4 is 11.6 Å². The Kier molecular flexibility index (Phi) is 4.33. The van der Waals surface area contributed by atoms with Crippen LogP contribution in [0.2, 0.25) is 0 Å². The normalized spacial score (nSPS) is 12.0. The van der Waals surface area contributed by atoms with Crippen molar-refractivity contribution in [2.75, 3.05) is 5.32 Å². The quantitative estimate of drug-likeness (QED) is 0.800. The summed E-state index contributed by atoms with van der Waals surface area (Å²) in [7, 11) is 0. The number of tetrazole rings is 1. The molecule has 0 bridgehead atoms. The number of carbonyl (C=O) groups is 1. The fourth-order valence-electron chi connectivity index (χ4n) is 2.11. The number of aryl methyl sites for hydroxylation is 1. The van der Waals surface area contributed by atoms with Crippen LogP contribution >= 0.6 is 0 Å². The van der Waals surface area contributed by atoms with E-state index in [9.17, 15) is 9.18 Å². The first-order chi connectivity index (χ1) is 11.5. The Morgan fingerprint density at radius 1 is 1.17 bits per heavy atom. The molecule has 2 aromatic carbocycles. The molecule has 0 radical (unpaired) electrons. The Morgan fingerprint density at radius 3 is 2.58 bits per heavy atom. The Bertz CT molecular complexity index is 859. The number of rotatable bonds is 4. The number of halogens is 1. The SMILES string of the molecule is Cc1ccc(-c2nnn([C@@H](C)C(=O)Nc3ccccc3F)n2)cc1. The second kappa shape index (κ2) is 6.57. The second-order valence-corrected chi connectivity index (χ2v) is 5.44. The van der Waals surface area contributed by atoms with Gasteiger partial charge in [0.05, 0.1) is 5.69 Å². The molecule has 122 valence electrons. The van der Waals surface area contributed by atoms with Crippen LogP contribution in [0.3, 0.4) is 0 Å². The summed E-state index contributed by atoms with van der Waals surface area (Å²) in [6, 6.07) is 12.9. The molecule has 1 atom stereocenters. The standard InChI is InChI=1S/C17H16FN5O/c1-11-7-9-13(10-8-11)16-20-22-23(21-16)12(2)17(24)19-15-6-4-3-5-14(15)18/h3-10,12H,1-2H3,(H,19,24)/t12-/m0/s1. The van der Waals surface area contributed by atoms with Crippen molar-refractivity contribution in [3.05, 3.63) is 59.9 Å². The summed E-state index contributed by atoms with van der Waals surface area (Å²) in [6.07, 6.45) is 0. The molecular weight excluding hydrogens is 309 g/mol. The predicted molar refractivity (Wildman–Crippen MR) is 87.7 cm³/mol. The molecule has 1 heterocycles. The number of amides is 1. The van der Waals surface area contributed by atoms with Gasteiger partial charge in [-0.3, -0.25) is 4.79 Å². The number of para-hydroxylation sites is 1. The molecule has 1 aromatic heterocycles. The number of hydrogen-bond acceptors (Lipinski definition) is 4. The molecule has 0 unspecified atom stereocenters. The first-order valence-electron chi connectivity index (χ1n) is 7.46. The second-order valence-electron chi connectivity index (χ2n) is 5.44. The van der Waals surface area contributed by atoms with Gasteiger partial charge in [-0.25, -0.2) is 4.39 Å². The first kappa shape index (κ1) is 15.8. The van der Waals surface area contributed by atoms with Crippen LogP contribution in [0.1, 0.15) is 18.5 Å². The molecule has 0 saturated carbocycles. The highest BCUT2D eigenvalue weighted by Gasteiger charge is 2.19. The zero-order valence-corrected chi connectivity index (χ0v) is 13.3. The summed E-state index contributed by atoms with van der Waals surface area (Å²) in [6.45, 7) is 3.61. The van der Waals surface area contributed by atoms with Crippen molar-refractivity contribution in [3.8, 4) is 11.4 Å². The number of nitrogens with one attached hydrogen (secondary N) is 1. The first-order valence-corrected chi connectivity index (χ1v) is 7.46. The zero-order valence-electron chi connectivity index (χ0n) is 13.3. The summed E-state index contributed by atoms with van der Waals surface area (Å²) in [5, 5.41) is 14.7. The van der Waals surface area contributed by atoms with E-state index in [1.807, 2.05) is 31.2 Å². The maximum atomic E-state index is 13.6. The Hall–Kier alpha value is -3.09. The monoisotopic (exact) mass is 325 g/mol. The highest BCUT2D eigenvalue weighted by atomic mass is 19.1. The highest BCUT2D eigenvalue weighted by molar-refractivity contribution is 5.93. The molecule has 0 fully saturated rings. The van der Waals surface area contributed by atoms with E-state index in [2.05, 4.69) is 20.7 Å². The van der Waals surface area contributed by atoms with Crippen LogP contribution in [-0.4, -0.2) is 26.1 Å². The highest BCUT2D eigenvalue weighted by Crippen LogP contribution is 2.17. The Morgan fingerprint density at radius 2 is 1.88 bits per heavy atom. The molecule has 0 aliphatic carbocycles. The van der Waals surface area contributed by atoms with E-state index in [4.69, 9.17) is 0 Å². The van der Waals surface area contributed by atoms with Gasteiger partial charge in [-0.15, -0.1) is 10.2 Å². The van der Waals surface area contributed by atoms with Crippen LogP contribution in [0.4, 0.5) is 10.1 Å². The molecule has 24 heavy (non-hydrogen) atoms. The van der Waals surface area contributed by atoms with Gasteiger partial charge in [0, 0.05) is 5.56 Å². The minimum Gasteiger partial charge on any atom is -0.322 e. The molecule has 0 spiro atoms. The summed E-state index contributed by atoms with van der Waals surface area (Å²) in [5.74, 6) is -0.488. The maximum Gasteiger partial charge on any atom is 0.250 e. The summed E-state index contributed by atoms with van der Waals surface area (Å²) in [4.78, 5) is 13.5. The number of carbonyl (C=O) groups excluding carboxylic acids is 1. The van der Waals surface area contributed by atoms with Crippen LogP contribution in [0.25, 0.3) is 11.4 Å². The van der Waals surface area contributed by atoms with Gasteiger partial charge in [-0.2, -0.15) is 4.80 Å². The number of benzene rings is 2. The largest absolute Gasteiger partial charge is 0.322 e. The molecule has 1 N–H and O–H groups in total. The van der Waals surface area contributed by atoms with Crippen molar-refractivity contribution in [2.45, 2.75) is 19.9 Å². The van der Waals surface area contributed by atoms with E-state index >= 15 is 0 Å². The van der Waals surface area contributed by atoms with Gasteiger partial charge < -0.3 is 5.32 Å². The lowest BCUT2D eigenvalue weighted by Gasteiger charge is -2.11. The van der Waals surface area contributed by atoms with E-state index in [1.54, 1.807) is 19.1 Å². The summed E-state index contributed by atoms with van der Waals surface area (Å²) >= 11 is 0. The number of aromatic nitrogens is 4. The number of hydrogen-bond donors (Lipinski definition) is 1. The van der Waals surface area contributed by atoms with Crippen molar-refractivity contribution in [3.63, 3.8) is 0 Å². The third kappa shape index (κ3) is 3.29. The molecule has 6 nitrogen and oxygen atoms in total. The van der Waals surface area contributed by atoms with Crippen LogP contribution in [0.5, 0.6) is 0 Å². The Labute approximate surface area is 138 Å². The summed E-state index contributed by atoms with van der Waals surface area (Å²) < 4.78 is 13.6. The van der Waals surface area contributed by atoms with Gasteiger partial charge in [0.1, 0.15) is 11.9 Å². The number of anilines is 1. The third-order valence-corrected chi connectivity index (χ3v) is 3.60. The van der Waals surface area contributed by atoms with E-state index in [-0.39, 0.29) is 5.69 Å². The van der Waals surface area contributed by atoms with Crippen LogP contribution in [0.15, 0.2) is 48.5 Å². The molecule has 0 aliphatic rings. The lowest BCUT2D eigenvalue weighted by atomic mass is 10.1. The van der Waals surface area contributed by atoms with Crippen molar-refractivity contribution in [1.82, 2.24) is 20.2 Å². The summed E-state index contributed by atoms with van der Waals surface area (Å²) in [5.41, 5.74) is 2.06. The third-order valence-electron chi connectivity index (χ3n) is 3.60. The molecule has 1 amide bonds. The van der Waals surface area contributed by atoms with Gasteiger partial charge in [0.2, 0.25) is 5.82 Å². The molecule has 0 aliphatic heterocycles. The van der Waals surface area contributed by atoms with Gasteiger partial charge >= 0.3 is 0 Å². The average molecular weight is 325 g/mol. The topological polar surface area (TPSA) is 72.7 Å². The fraction of sp³-hybridized carbons (Fsp3) is 0.176. The van der Waals surface area contributed by atoms with Gasteiger partial charge in [0.15, 0.2) is 0 Å². The van der Waals surface area contributed by atoms with E-state index in [0.29, 0.717) is 5.82 Å². The van der Waals surface area contributed by atoms with Gasteiger partial charge in [0.25, 0.3) is 5.91 Å². The van der Waals surface area contributed by atoms with E-state index in [1.165, 1.54) is 16.9 Å². The van der Waals surface area contributed by atoms with Crippen LogP contribution < -0.4 is 5.32 Å². The lowest BCUT2D eigenvalue weighted by Crippen LogP contribution is -2.25. The minimum atomic E-state index is -0.726. The van der Waals surface area contributed by atoms with Gasteiger partial charge in [-0.1, -0.05) is 42.0 Å². The molecule has 0 saturated heterocycles. The number of nitrogens with zero attached hydrogens (tertiary/aromatic N) is 4. The smallest absolute Gasteiger partial charge is 0.250 e. The van der Waals surface area contributed by atoms with E-state index in [0.717, 1.165) is 11.1 Å². The van der Waals surface area contributed by atoms with Crippen molar-refractivity contribution < 1.29 is 9.18 Å². The van der Waals surface area contributed by atoms with Crippen molar-refractivity contribution in [2.24, 2.45) is 0 Å². The van der Waals surface area contributed by atoms with Crippen LogP contribution in [0, 0.1) is 12.7 Å². The van der Waals surface area contributed by atoms with Crippen molar-refractivity contribution in [1.29, 1.82) is 0 Å². The Balaban J connectivity index is 1.75. The molecular formula is C17H16FN5O. The average Bonchev–Trinajstić information content (AvgIpc) is 3.07. The van der Waals surface area contributed by atoms with Gasteiger partial charge in [-0.05, 0) is 31.2 Å². The fourth-order valence-corrected chi connectivity index (χ4v) is 2.11.